The first-order chi connectivity index (χ1) is 15.5. The molecule has 1 N–H and O–H groups in total. The van der Waals surface area contributed by atoms with Crippen molar-refractivity contribution in [2.45, 2.75) is 20.4 Å². The van der Waals surface area contributed by atoms with E-state index in [9.17, 15) is 9.18 Å². The van der Waals surface area contributed by atoms with Crippen molar-refractivity contribution in [2.24, 2.45) is 5.10 Å². The number of rotatable bonds is 6. The molecule has 4 rings (SSSR count). The van der Waals surface area contributed by atoms with E-state index < -0.39 is 0 Å². The highest BCUT2D eigenvalue weighted by molar-refractivity contribution is 5.95. The molecule has 2 aromatic carbocycles. The molecule has 1 aliphatic rings. The van der Waals surface area contributed by atoms with Crippen molar-refractivity contribution >= 4 is 12.1 Å². The molecule has 1 amide bonds. The number of hydrazone groups is 1. The third-order valence-corrected chi connectivity index (χ3v) is 5.66. The standard InChI is InChI=1S/C25H27FN4O2/c1-18-15-22(19(2)30(18)24-6-4-3-5-23(24)26)16-27-28-25(31)21-9-7-20(8-10-21)17-29-11-13-32-14-12-29/h3-10,15-16H,11-14,17H2,1-2H3,(H,28,31)/b27-16-. The van der Waals surface area contributed by atoms with Crippen LogP contribution in [0.3, 0.4) is 0 Å². The molecule has 1 aliphatic heterocycles. The van der Waals surface area contributed by atoms with Crippen molar-refractivity contribution in [3.63, 3.8) is 0 Å². The van der Waals surface area contributed by atoms with Gasteiger partial charge in [0.2, 0.25) is 0 Å². The van der Waals surface area contributed by atoms with Gasteiger partial charge in [0.05, 0.1) is 25.1 Å². The zero-order valence-corrected chi connectivity index (χ0v) is 18.3. The minimum absolute atomic E-state index is 0.276. The highest BCUT2D eigenvalue weighted by atomic mass is 19.1. The van der Waals surface area contributed by atoms with Crippen LogP contribution in [-0.2, 0) is 11.3 Å². The molecule has 0 unspecified atom stereocenters. The average Bonchev–Trinajstić information content (AvgIpc) is 3.08. The van der Waals surface area contributed by atoms with Gasteiger partial charge in [-0.15, -0.1) is 0 Å². The summed E-state index contributed by atoms with van der Waals surface area (Å²) in [6, 6.07) is 16.1. The Labute approximate surface area is 187 Å². The number of nitrogens with one attached hydrogen (secondary N) is 1. The van der Waals surface area contributed by atoms with Crippen molar-refractivity contribution in [1.82, 2.24) is 14.9 Å². The molecule has 3 aromatic rings. The van der Waals surface area contributed by atoms with Gasteiger partial charge in [-0.1, -0.05) is 24.3 Å². The SMILES string of the molecule is Cc1cc(/C=N\NC(=O)c2ccc(CN3CCOCC3)cc2)c(C)n1-c1ccccc1F. The Kier molecular flexibility index (Phi) is 6.78. The second-order valence-electron chi connectivity index (χ2n) is 7.90. The van der Waals surface area contributed by atoms with E-state index in [2.05, 4.69) is 15.4 Å². The van der Waals surface area contributed by atoms with Crippen LogP contribution in [0.25, 0.3) is 5.69 Å². The summed E-state index contributed by atoms with van der Waals surface area (Å²) in [7, 11) is 0. The number of aromatic nitrogens is 1. The Hall–Kier alpha value is -3.29. The number of hydrogen-bond donors (Lipinski definition) is 1. The summed E-state index contributed by atoms with van der Waals surface area (Å²) < 4.78 is 21.4. The topological polar surface area (TPSA) is 58.9 Å². The highest BCUT2D eigenvalue weighted by Gasteiger charge is 2.13. The van der Waals surface area contributed by atoms with E-state index in [4.69, 9.17) is 4.74 Å². The zero-order valence-electron chi connectivity index (χ0n) is 18.3. The first-order valence-corrected chi connectivity index (χ1v) is 10.7. The van der Waals surface area contributed by atoms with Gasteiger partial charge in [-0.3, -0.25) is 9.69 Å². The number of aryl methyl sites for hydroxylation is 1. The Morgan fingerprint density at radius 1 is 1.12 bits per heavy atom. The van der Waals surface area contributed by atoms with Crippen LogP contribution in [0, 0.1) is 19.7 Å². The largest absolute Gasteiger partial charge is 0.379 e. The normalized spacial score (nSPS) is 14.7. The first-order valence-electron chi connectivity index (χ1n) is 10.7. The molecule has 0 spiro atoms. The lowest BCUT2D eigenvalue weighted by molar-refractivity contribution is 0.0342. The van der Waals surface area contributed by atoms with Gasteiger partial charge in [0.15, 0.2) is 0 Å². The van der Waals surface area contributed by atoms with Gasteiger partial charge in [-0.2, -0.15) is 5.10 Å². The van der Waals surface area contributed by atoms with E-state index in [0.29, 0.717) is 11.3 Å². The summed E-state index contributed by atoms with van der Waals surface area (Å²) in [5.74, 6) is -0.565. The first kappa shape index (κ1) is 21.9. The van der Waals surface area contributed by atoms with Crippen LogP contribution in [-0.4, -0.2) is 47.9 Å². The number of ether oxygens (including phenoxy) is 1. The Morgan fingerprint density at radius 3 is 2.56 bits per heavy atom. The maximum absolute atomic E-state index is 14.2. The summed E-state index contributed by atoms with van der Waals surface area (Å²) in [6.45, 7) is 8.04. The minimum Gasteiger partial charge on any atom is -0.379 e. The fourth-order valence-corrected chi connectivity index (χ4v) is 3.93. The predicted molar refractivity (Wildman–Crippen MR) is 123 cm³/mol. The molecule has 0 bridgehead atoms. The smallest absolute Gasteiger partial charge is 0.271 e. The van der Waals surface area contributed by atoms with Crippen LogP contribution in [0.2, 0.25) is 0 Å². The summed E-state index contributed by atoms with van der Waals surface area (Å²) in [4.78, 5) is 14.8. The molecule has 2 heterocycles. The Bertz CT molecular complexity index is 1120. The number of nitrogens with zero attached hydrogens (tertiary/aromatic N) is 3. The maximum atomic E-state index is 14.2. The molecule has 0 radical (unpaired) electrons. The lowest BCUT2D eigenvalue weighted by atomic mass is 10.1. The summed E-state index contributed by atoms with van der Waals surface area (Å²) in [5.41, 5.74) is 7.31. The lowest BCUT2D eigenvalue weighted by Gasteiger charge is -2.26. The molecule has 1 saturated heterocycles. The molecular weight excluding hydrogens is 407 g/mol. The Morgan fingerprint density at radius 2 is 1.84 bits per heavy atom. The fraction of sp³-hybridized carbons (Fsp3) is 0.280. The van der Waals surface area contributed by atoms with E-state index in [1.54, 1.807) is 24.4 Å². The van der Waals surface area contributed by atoms with Crippen LogP contribution in [0.5, 0.6) is 0 Å². The zero-order chi connectivity index (χ0) is 22.5. The van der Waals surface area contributed by atoms with Gasteiger partial charge < -0.3 is 9.30 Å². The van der Waals surface area contributed by atoms with Crippen LogP contribution in [0.15, 0.2) is 59.7 Å². The molecule has 1 fully saturated rings. The van der Waals surface area contributed by atoms with Gasteiger partial charge in [0.25, 0.3) is 5.91 Å². The number of hydrogen-bond acceptors (Lipinski definition) is 4. The quantitative estimate of drug-likeness (QED) is 0.474. The third kappa shape index (κ3) is 4.95. The van der Waals surface area contributed by atoms with Crippen molar-refractivity contribution in [3.8, 4) is 5.69 Å². The van der Waals surface area contributed by atoms with E-state index in [0.717, 1.165) is 55.4 Å². The number of amides is 1. The van der Waals surface area contributed by atoms with Crippen molar-refractivity contribution in [1.29, 1.82) is 0 Å². The monoisotopic (exact) mass is 434 g/mol. The van der Waals surface area contributed by atoms with E-state index in [1.165, 1.54) is 6.07 Å². The number of halogens is 1. The number of benzene rings is 2. The second kappa shape index (κ2) is 9.89. The molecule has 0 aliphatic carbocycles. The molecule has 1 aromatic heterocycles. The average molecular weight is 435 g/mol. The molecule has 7 heteroatoms. The molecule has 0 atom stereocenters. The number of carbonyl (C=O) groups is 1. The van der Waals surface area contributed by atoms with Crippen LogP contribution in [0.4, 0.5) is 4.39 Å². The van der Waals surface area contributed by atoms with E-state index in [-0.39, 0.29) is 11.7 Å². The maximum Gasteiger partial charge on any atom is 0.271 e. The van der Waals surface area contributed by atoms with Crippen molar-refractivity contribution in [2.75, 3.05) is 26.3 Å². The summed E-state index contributed by atoms with van der Waals surface area (Å²) in [6.07, 6.45) is 1.59. The van der Waals surface area contributed by atoms with Crippen molar-refractivity contribution in [3.05, 3.63) is 88.5 Å². The summed E-state index contributed by atoms with van der Waals surface area (Å²) >= 11 is 0. The van der Waals surface area contributed by atoms with Gasteiger partial charge in [0.1, 0.15) is 5.82 Å². The van der Waals surface area contributed by atoms with E-state index in [1.807, 2.05) is 48.7 Å². The number of para-hydroxylation sites is 1. The second-order valence-corrected chi connectivity index (χ2v) is 7.90. The number of carbonyl (C=O) groups excluding carboxylic acids is 1. The predicted octanol–water partition coefficient (Wildman–Crippen LogP) is 3.83. The molecule has 6 nitrogen and oxygen atoms in total. The number of morpholine rings is 1. The summed E-state index contributed by atoms with van der Waals surface area (Å²) in [5, 5.41) is 4.11. The van der Waals surface area contributed by atoms with Gasteiger partial charge in [-0.05, 0) is 49.7 Å². The van der Waals surface area contributed by atoms with Crippen molar-refractivity contribution < 1.29 is 13.9 Å². The fourth-order valence-electron chi connectivity index (χ4n) is 3.93. The van der Waals surface area contributed by atoms with Crippen LogP contribution >= 0.6 is 0 Å². The van der Waals surface area contributed by atoms with E-state index >= 15 is 0 Å². The molecule has 166 valence electrons. The molecular formula is C25H27FN4O2. The van der Waals surface area contributed by atoms with Gasteiger partial charge >= 0.3 is 0 Å². The highest BCUT2D eigenvalue weighted by Crippen LogP contribution is 2.21. The minimum atomic E-state index is -0.289. The van der Waals surface area contributed by atoms with Crippen LogP contribution in [0.1, 0.15) is 32.9 Å². The molecule has 0 saturated carbocycles. The van der Waals surface area contributed by atoms with Crippen LogP contribution < -0.4 is 5.43 Å². The Balaban J connectivity index is 1.39. The van der Waals surface area contributed by atoms with Gasteiger partial charge in [-0.25, -0.2) is 9.82 Å². The van der Waals surface area contributed by atoms with Gasteiger partial charge in [0, 0.05) is 42.1 Å². The molecule has 32 heavy (non-hydrogen) atoms. The third-order valence-electron chi connectivity index (χ3n) is 5.66. The lowest BCUT2D eigenvalue weighted by Crippen LogP contribution is -2.35.